The van der Waals surface area contributed by atoms with E-state index in [0.29, 0.717) is 37.3 Å². The van der Waals surface area contributed by atoms with E-state index in [0.717, 1.165) is 11.8 Å². The molecule has 4 amide bonds. The first-order chi connectivity index (χ1) is 23.2. The summed E-state index contributed by atoms with van der Waals surface area (Å²) in [6, 6.07) is 7.56. The second kappa shape index (κ2) is 16.3. The molecule has 0 aromatic heterocycles. The molecule has 2 saturated heterocycles. The molecule has 2 atom stereocenters. The van der Waals surface area contributed by atoms with Gasteiger partial charge in [-0.2, -0.15) is 0 Å². The summed E-state index contributed by atoms with van der Waals surface area (Å²) in [7, 11) is 6.54. The van der Waals surface area contributed by atoms with Gasteiger partial charge in [0.15, 0.2) is 0 Å². The second-order valence-corrected chi connectivity index (χ2v) is 12.9. The second-order valence-electron chi connectivity index (χ2n) is 11.8. The van der Waals surface area contributed by atoms with Gasteiger partial charge in [0.1, 0.15) is 12.1 Å². The zero-order chi connectivity index (χ0) is 35.8. The monoisotopic (exact) mass is 694 g/mol. The maximum absolute atomic E-state index is 12.8. The molecule has 260 valence electrons. The number of carbonyl (C=O) groups is 4. The molecule has 0 radical (unpaired) electrons. The lowest BCUT2D eigenvalue weighted by molar-refractivity contribution is -0.388. The number of hydrogen-bond donors (Lipinski definition) is 2. The fourth-order valence-electron chi connectivity index (χ4n) is 5.25. The molecule has 2 N–H and O–H groups in total. The van der Waals surface area contributed by atoms with Crippen LogP contribution in [-0.4, -0.2) is 133 Å². The normalized spacial score (nSPS) is 18.0. The van der Waals surface area contributed by atoms with Crippen molar-refractivity contribution in [3.63, 3.8) is 0 Å². The first-order valence-corrected chi connectivity index (χ1v) is 16.1. The predicted molar refractivity (Wildman–Crippen MR) is 183 cm³/mol. The summed E-state index contributed by atoms with van der Waals surface area (Å²) >= 11 is 0.852. The fourth-order valence-corrected chi connectivity index (χ4v) is 6.24. The van der Waals surface area contributed by atoms with E-state index in [2.05, 4.69) is 10.6 Å². The number of nitrogens with one attached hydrogen (secondary N) is 2. The van der Waals surface area contributed by atoms with E-state index >= 15 is 0 Å². The van der Waals surface area contributed by atoms with Crippen LogP contribution < -0.4 is 10.6 Å². The average molecular weight is 695 g/mol. The Labute approximate surface area is 287 Å². The summed E-state index contributed by atoms with van der Waals surface area (Å²) < 4.78 is 0. The van der Waals surface area contributed by atoms with E-state index in [-0.39, 0.29) is 57.9 Å². The van der Waals surface area contributed by atoms with E-state index in [1.807, 2.05) is 0 Å². The van der Waals surface area contributed by atoms with E-state index in [1.54, 1.807) is 40.3 Å². The van der Waals surface area contributed by atoms with Crippen LogP contribution in [0.3, 0.4) is 0 Å². The Balaban J connectivity index is 1.46. The van der Waals surface area contributed by atoms with Crippen molar-refractivity contribution in [2.24, 2.45) is 0 Å². The number of hydrogen-bond acceptors (Lipinski definition) is 11. The maximum Gasteiger partial charge on any atom is 0.283 e. The standard InChI is InChI=1S/C32H38N8O8S/c1-35(2)31(43)23-19-37(15-13-33-23)29(41)11-7-21-5-9-27(25(17-21)39(45)46)49-28-10-6-22(18-26(28)40(47)48)8-12-30(42)38-16-14-34-24(20-38)32(44)36(3)4/h5-12,17-18,23-24,33-34H,13-16,19-20H2,1-4H3/b11-7+,12-8+. The van der Waals surface area contributed by atoms with Crippen molar-refractivity contribution in [1.29, 1.82) is 0 Å². The first-order valence-electron chi connectivity index (χ1n) is 15.3. The molecule has 2 aliphatic rings. The van der Waals surface area contributed by atoms with Crippen LogP contribution >= 0.6 is 11.8 Å². The van der Waals surface area contributed by atoms with Crippen molar-refractivity contribution in [2.45, 2.75) is 21.9 Å². The van der Waals surface area contributed by atoms with Gasteiger partial charge in [0.2, 0.25) is 23.6 Å². The van der Waals surface area contributed by atoms with Crippen LogP contribution in [0.4, 0.5) is 11.4 Å². The van der Waals surface area contributed by atoms with Gasteiger partial charge in [-0.3, -0.25) is 39.4 Å². The fraction of sp³-hybridized carbons (Fsp3) is 0.375. The summed E-state index contributed by atoms with van der Waals surface area (Å²) in [5, 5.41) is 30.2. The zero-order valence-corrected chi connectivity index (χ0v) is 28.3. The summed E-state index contributed by atoms with van der Waals surface area (Å²) in [5.41, 5.74) is 0.151. The summed E-state index contributed by atoms with van der Waals surface area (Å²) in [6.45, 7) is 2.07. The van der Waals surface area contributed by atoms with Crippen LogP contribution in [0.15, 0.2) is 58.3 Å². The topological polar surface area (TPSA) is 192 Å². The van der Waals surface area contributed by atoms with Gasteiger partial charge in [-0.1, -0.05) is 23.9 Å². The third-order valence-corrected chi connectivity index (χ3v) is 9.00. The van der Waals surface area contributed by atoms with Crippen LogP contribution in [0.5, 0.6) is 0 Å². The smallest absolute Gasteiger partial charge is 0.283 e. The lowest BCUT2D eigenvalue weighted by atomic mass is 10.1. The molecule has 0 spiro atoms. The van der Waals surface area contributed by atoms with Crippen LogP contribution in [0.2, 0.25) is 0 Å². The third kappa shape index (κ3) is 9.49. The molecule has 0 bridgehead atoms. The molecule has 0 aliphatic carbocycles. The van der Waals surface area contributed by atoms with Crippen LogP contribution in [0.25, 0.3) is 12.2 Å². The Morgan fingerprint density at radius 1 is 0.735 bits per heavy atom. The number of carbonyl (C=O) groups excluding carboxylic acids is 4. The van der Waals surface area contributed by atoms with Gasteiger partial charge < -0.3 is 30.2 Å². The minimum absolute atomic E-state index is 0.147. The SMILES string of the molecule is CN(C)C(=O)C1CN(C(=O)/C=C/c2ccc(Sc3ccc(/C=C/C(=O)N4CCNC(C(=O)N(C)C)C4)cc3[N+](=O)[O-])c([N+](=O)[O-])c2)CCN1. The molecule has 0 saturated carbocycles. The van der Waals surface area contributed by atoms with E-state index in [4.69, 9.17) is 0 Å². The molecule has 2 unspecified atom stereocenters. The first kappa shape index (κ1) is 36.7. The molecular formula is C32H38N8O8S. The van der Waals surface area contributed by atoms with Gasteiger partial charge in [-0.15, -0.1) is 0 Å². The largest absolute Gasteiger partial charge is 0.347 e. The van der Waals surface area contributed by atoms with Gasteiger partial charge in [0.25, 0.3) is 11.4 Å². The number of amides is 4. The molecule has 2 aromatic carbocycles. The van der Waals surface area contributed by atoms with Gasteiger partial charge in [0, 0.05) is 91.7 Å². The predicted octanol–water partition coefficient (Wildman–Crippen LogP) is 1.46. The Morgan fingerprint density at radius 2 is 1.12 bits per heavy atom. The van der Waals surface area contributed by atoms with E-state index < -0.39 is 21.9 Å². The molecular weight excluding hydrogens is 656 g/mol. The number of benzene rings is 2. The summed E-state index contributed by atoms with van der Waals surface area (Å²) in [5.74, 6) is -0.985. The van der Waals surface area contributed by atoms with Gasteiger partial charge >= 0.3 is 0 Å². The summed E-state index contributed by atoms with van der Waals surface area (Å²) in [4.78, 5) is 79.3. The van der Waals surface area contributed by atoms with Crippen molar-refractivity contribution < 1.29 is 29.0 Å². The van der Waals surface area contributed by atoms with Crippen molar-refractivity contribution in [2.75, 3.05) is 67.5 Å². The molecule has 2 aliphatic heterocycles. The molecule has 2 aromatic rings. The molecule has 16 nitrogen and oxygen atoms in total. The highest BCUT2D eigenvalue weighted by Crippen LogP contribution is 2.40. The number of likely N-dealkylation sites (N-methyl/N-ethyl adjacent to an activating group) is 2. The van der Waals surface area contributed by atoms with Crippen molar-refractivity contribution in [1.82, 2.24) is 30.2 Å². The number of nitro groups is 2. The van der Waals surface area contributed by atoms with E-state index in [9.17, 15) is 39.4 Å². The van der Waals surface area contributed by atoms with E-state index in [1.165, 1.54) is 68.2 Å². The number of rotatable bonds is 10. The van der Waals surface area contributed by atoms with Gasteiger partial charge in [-0.05, 0) is 35.4 Å². The molecule has 2 fully saturated rings. The maximum atomic E-state index is 12.8. The minimum Gasteiger partial charge on any atom is -0.347 e. The molecule has 2 heterocycles. The Bertz CT molecular complexity index is 1570. The average Bonchev–Trinajstić information content (AvgIpc) is 3.09. The Morgan fingerprint density at radius 3 is 1.47 bits per heavy atom. The Hall–Kier alpha value is -5.13. The summed E-state index contributed by atoms with van der Waals surface area (Å²) in [6.07, 6.45) is 5.47. The van der Waals surface area contributed by atoms with Crippen molar-refractivity contribution >= 4 is 58.9 Å². The highest BCUT2D eigenvalue weighted by molar-refractivity contribution is 7.99. The van der Waals surface area contributed by atoms with Gasteiger partial charge in [0.05, 0.1) is 19.6 Å². The van der Waals surface area contributed by atoms with Gasteiger partial charge in [-0.25, -0.2) is 0 Å². The van der Waals surface area contributed by atoms with Crippen molar-refractivity contribution in [3.8, 4) is 0 Å². The lowest BCUT2D eigenvalue weighted by Crippen LogP contribution is -2.57. The Kier molecular flexibility index (Phi) is 12.2. The van der Waals surface area contributed by atoms with Crippen molar-refractivity contribution in [3.05, 3.63) is 79.9 Å². The number of nitro benzene ring substituents is 2. The van der Waals surface area contributed by atoms with Crippen LogP contribution in [0, 0.1) is 20.2 Å². The molecule has 4 rings (SSSR count). The van der Waals surface area contributed by atoms with Crippen LogP contribution in [-0.2, 0) is 19.2 Å². The minimum atomic E-state index is -0.601. The third-order valence-electron chi connectivity index (χ3n) is 7.87. The lowest BCUT2D eigenvalue weighted by Gasteiger charge is -2.33. The number of piperazine rings is 2. The number of nitrogens with zero attached hydrogens (tertiary/aromatic N) is 6. The van der Waals surface area contributed by atoms with Crippen LogP contribution in [0.1, 0.15) is 11.1 Å². The molecule has 17 heteroatoms. The zero-order valence-electron chi connectivity index (χ0n) is 27.5. The highest BCUT2D eigenvalue weighted by atomic mass is 32.2. The quantitative estimate of drug-likeness (QED) is 0.208. The molecule has 49 heavy (non-hydrogen) atoms. The highest BCUT2D eigenvalue weighted by Gasteiger charge is 2.29.